The molecule has 1 heterocycles. The summed E-state index contributed by atoms with van der Waals surface area (Å²) < 4.78 is 11.3. The summed E-state index contributed by atoms with van der Waals surface area (Å²) >= 11 is 0. The van der Waals surface area contributed by atoms with Gasteiger partial charge in [-0.2, -0.15) is 0 Å². The average molecular weight is 300 g/mol. The van der Waals surface area contributed by atoms with Gasteiger partial charge in [-0.3, -0.25) is 0 Å². The van der Waals surface area contributed by atoms with E-state index in [1.54, 1.807) is 0 Å². The van der Waals surface area contributed by atoms with Gasteiger partial charge in [-0.1, -0.05) is 19.8 Å². The van der Waals surface area contributed by atoms with Gasteiger partial charge in [0.1, 0.15) is 15.4 Å². The van der Waals surface area contributed by atoms with Crippen LogP contribution in [0.2, 0.25) is 5.54 Å². The molecule has 2 radical (unpaired) electrons. The normalized spacial score (nSPS) is 16.8. The molecule has 1 rings (SSSR count). The molecule has 0 aromatic carbocycles. The van der Waals surface area contributed by atoms with Gasteiger partial charge in [0.15, 0.2) is 0 Å². The number of urea groups is 1. The zero-order valence-corrected chi connectivity index (χ0v) is 14.0. The highest BCUT2D eigenvalue weighted by Crippen LogP contribution is 2.20. The Balaban J connectivity index is 2.39. The number of nitrogens with zero attached hydrogens (tertiary/aromatic N) is 1. The summed E-state index contributed by atoms with van der Waals surface area (Å²) in [4.78, 5) is 13.4. The maximum Gasteiger partial charge on any atom is 0.317 e. The monoisotopic (exact) mass is 300 g/mol. The zero-order valence-electron chi connectivity index (χ0n) is 13.0. The van der Waals surface area contributed by atoms with Crippen LogP contribution in [-0.4, -0.2) is 59.2 Å². The van der Waals surface area contributed by atoms with Gasteiger partial charge >= 0.3 is 6.03 Å². The molecule has 0 bridgehead atoms. The highest BCUT2D eigenvalue weighted by Gasteiger charge is 2.23. The lowest BCUT2D eigenvalue weighted by molar-refractivity contribution is -0.0835. The van der Waals surface area contributed by atoms with Crippen LogP contribution < -0.4 is 5.32 Å². The summed E-state index contributed by atoms with van der Waals surface area (Å²) in [5.41, 5.74) is 0.580. The third-order valence-electron chi connectivity index (χ3n) is 3.34. The van der Waals surface area contributed by atoms with Crippen molar-refractivity contribution in [3.05, 3.63) is 0 Å². The van der Waals surface area contributed by atoms with E-state index in [9.17, 15) is 4.79 Å². The standard InChI is InChI=1S/C14H28N2O3Si/c1-4-7-12(20-14(18-5-2)19-6-3)8-10-16-11-9-15-13(16)17/h12,14H,4-11H2,1-3H3,(H,15,17). The molecule has 1 aliphatic rings. The average Bonchev–Trinajstić information content (AvgIpc) is 2.82. The molecule has 20 heavy (non-hydrogen) atoms. The molecule has 1 N–H and O–H groups in total. The fourth-order valence-corrected chi connectivity index (χ4v) is 4.00. The predicted octanol–water partition coefficient (Wildman–Crippen LogP) is 2.05. The zero-order chi connectivity index (χ0) is 14.8. The SMILES string of the molecule is CCCC(CCN1CCNC1=O)[Si]C(OCC)OCC. The Labute approximate surface area is 125 Å². The third-order valence-corrected chi connectivity index (χ3v) is 4.99. The molecule has 1 saturated heterocycles. The molecule has 6 heteroatoms. The Hall–Kier alpha value is -0.593. The van der Waals surface area contributed by atoms with Crippen molar-refractivity contribution in [3.63, 3.8) is 0 Å². The van der Waals surface area contributed by atoms with Crippen LogP contribution in [-0.2, 0) is 9.47 Å². The van der Waals surface area contributed by atoms with Crippen molar-refractivity contribution >= 4 is 15.6 Å². The Morgan fingerprint density at radius 3 is 2.45 bits per heavy atom. The minimum absolute atomic E-state index is 0.0750. The van der Waals surface area contributed by atoms with Crippen molar-refractivity contribution in [1.82, 2.24) is 10.2 Å². The van der Waals surface area contributed by atoms with E-state index in [4.69, 9.17) is 9.47 Å². The fourth-order valence-electron chi connectivity index (χ4n) is 2.34. The molecular weight excluding hydrogens is 272 g/mol. The first-order valence-corrected chi connectivity index (χ1v) is 8.88. The first kappa shape index (κ1) is 17.5. The van der Waals surface area contributed by atoms with Gasteiger partial charge in [0.2, 0.25) is 0 Å². The van der Waals surface area contributed by atoms with E-state index in [-0.39, 0.29) is 11.9 Å². The van der Waals surface area contributed by atoms with Crippen molar-refractivity contribution in [2.24, 2.45) is 0 Å². The van der Waals surface area contributed by atoms with Crippen molar-refractivity contribution in [2.75, 3.05) is 32.8 Å². The molecule has 5 nitrogen and oxygen atoms in total. The van der Waals surface area contributed by atoms with Gasteiger partial charge in [-0.15, -0.1) is 0 Å². The Morgan fingerprint density at radius 2 is 1.95 bits per heavy atom. The number of carbonyl (C=O) groups is 1. The summed E-state index contributed by atoms with van der Waals surface area (Å²) in [6.07, 6.45) is 3.37. The fraction of sp³-hybridized carbons (Fsp3) is 0.929. The molecular formula is C14H28N2O3Si. The van der Waals surface area contributed by atoms with Gasteiger partial charge < -0.3 is 19.7 Å². The number of rotatable bonds is 11. The lowest BCUT2D eigenvalue weighted by Crippen LogP contribution is -2.32. The molecule has 116 valence electrons. The number of hydrogen-bond acceptors (Lipinski definition) is 3. The molecule has 2 amide bonds. The van der Waals surface area contributed by atoms with E-state index < -0.39 is 0 Å². The Kier molecular flexibility index (Phi) is 8.89. The molecule has 0 spiro atoms. The molecule has 1 aliphatic heterocycles. The van der Waals surface area contributed by atoms with Gasteiger partial charge in [0.05, 0.1) is 0 Å². The van der Waals surface area contributed by atoms with Gasteiger partial charge in [-0.05, 0) is 25.8 Å². The van der Waals surface area contributed by atoms with Crippen LogP contribution in [0.25, 0.3) is 0 Å². The second kappa shape index (κ2) is 10.2. The van der Waals surface area contributed by atoms with E-state index in [0.717, 1.165) is 32.5 Å². The quantitative estimate of drug-likeness (QED) is 0.469. The summed E-state index contributed by atoms with van der Waals surface area (Å²) in [5.74, 6) is -0.0750. The van der Waals surface area contributed by atoms with Crippen LogP contribution in [0.3, 0.4) is 0 Å². The lowest BCUT2D eigenvalue weighted by Gasteiger charge is -2.24. The van der Waals surface area contributed by atoms with Crippen molar-refractivity contribution < 1.29 is 14.3 Å². The van der Waals surface area contributed by atoms with Crippen molar-refractivity contribution in [3.8, 4) is 0 Å². The van der Waals surface area contributed by atoms with E-state index >= 15 is 0 Å². The van der Waals surface area contributed by atoms with Gasteiger partial charge in [0.25, 0.3) is 0 Å². The second-order valence-corrected chi connectivity index (χ2v) is 6.52. The molecule has 0 aromatic heterocycles. The van der Waals surface area contributed by atoms with E-state index in [1.807, 2.05) is 18.7 Å². The summed E-state index contributed by atoms with van der Waals surface area (Å²) in [6.45, 7) is 10.0. The maximum atomic E-state index is 11.5. The topological polar surface area (TPSA) is 50.8 Å². The summed E-state index contributed by atoms with van der Waals surface area (Å²) in [5, 5.41) is 2.85. The van der Waals surface area contributed by atoms with Crippen LogP contribution in [0, 0.1) is 0 Å². The van der Waals surface area contributed by atoms with Crippen LogP contribution in [0.5, 0.6) is 0 Å². The number of hydrogen-bond donors (Lipinski definition) is 1. The lowest BCUT2D eigenvalue weighted by atomic mass is 10.2. The second-order valence-electron chi connectivity index (χ2n) is 4.90. The van der Waals surface area contributed by atoms with Gasteiger partial charge in [0, 0.05) is 32.8 Å². The maximum absolute atomic E-state index is 11.5. The minimum atomic E-state index is -0.0750. The first-order chi connectivity index (χ1) is 9.71. The number of ether oxygens (including phenoxy) is 2. The molecule has 1 unspecified atom stereocenters. The third kappa shape index (κ3) is 6.24. The largest absolute Gasteiger partial charge is 0.357 e. The minimum Gasteiger partial charge on any atom is -0.357 e. The molecule has 0 saturated carbocycles. The van der Waals surface area contributed by atoms with Crippen LogP contribution in [0.4, 0.5) is 4.79 Å². The van der Waals surface area contributed by atoms with E-state index in [1.165, 1.54) is 6.42 Å². The van der Waals surface area contributed by atoms with Crippen molar-refractivity contribution in [1.29, 1.82) is 0 Å². The van der Waals surface area contributed by atoms with Crippen molar-refractivity contribution in [2.45, 2.75) is 51.5 Å². The molecule has 0 aromatic rings. The Bertz CT molecular complexity index is 273. The molecule has 0 aliphatic carbocycles. The number of nitrogens with one attached hydrogen (secondary N) is 1. The van der Waals surface area contributed by atoms with Crippen LogP contribution in [0.15, 0.2) is 0 Å². The summed E-state index contributed by atoms with van der Waals surface area (Å²) in [7, 11) is 0.647. The van der Waals surface area contributed by atoms with Crippen LogP contribution >= 0.6 is 0 Å². The van der Waals surface area contributed by atoms with E-state index in [2.05, 4.69) is 12.2 Å². The summed E-state index contributed by atoms with van der Waals surface area (Å²) in [6, 6.07) is 0.0785. The smallest absolute Gasteiger partial charge is 0.317 e. The van der Waals surface area contributed by atoms with Gasteiger partial charge in [-0.25, -0.2) is 4.79 Å². The highest BCUT2D eigenvalue weighted by molar-refractivity contribution is 6.38. The predicted molar refractivity (Wildman–Crippen MR) is 81.0 cm³/mol. The Morgan fingerprint density at radius 1 is 1.25 bits per heavy atom. The molecule has 1 atom stereocenters. The van der Waals surface area contributed by atoms with E-state index in [0.29, 0.717) is 28.3 Å². The highest BCUT2D eigenvalue weighted by atomic mass is 28.2. The van der Waals surface area contributed by atoms with Crippen LogP contribution in [0.1, 0.15) is 40.0 Å². The number of carbonyl (C=O) groups excluding carboxylic acids is 1. The first-order valence-electron chi connectivity index (χ1n) is 7.73. The number of amides is 2. The molecule has 1 fully saturated rings.